The monoisotopic (exact) mass is 525 g/mol. The quantitative estimate of drug-likeness (QED) is 0.336. The normalized spacial score (nSPS) is 13.2. The highest BCUT2D eigenvalue weighted by Crippen LogP contribution is 2.29. The van der Waals surface area contributed by atoms with Crippen LogP contribution in [0.2, 0.25) is 0 Å². The van der Waals surface area contributed by atoms with Crippen molar-refractivity contribution >= 4 is 44.9 Å². The Morgan fingerprint density at radius 2 is 1.23 bits per heavy atom. The molecule has 2 atom stereocenters. The van der Waals surface area contributed by atoms with Crippen LogP contribution in [0.4, 0.5) is 19.6 Å². The van der Waals surface area contributed by atoms with Gasteiger partial charge in [0, 0.05) is 13.1 Å². The molecule has 2 aromatic rings. The van der Waals surface area contributed by atoms with E-state index in [9.17, 15) is 9.59 Å². The van der Waals surface area contributed by atoms with E-state index in [1.165, 1.54) is 36.9 Å². The van der Waals surface area contributed by atoms with Gasteiger partial charge in [-0.05, 0) is 31.2 Å². The molecular weight excluding hydrogens is 486 g/mol. The molecule has 0 aliphatic carbocycles. The molecule has 0 saturated carbocycles. The molecule has 2 aromatic heterocycles. The summed E-state index contributed by atoms with van der Waals surface area (Å²) in [6, 6.07) is -0.227. The number of aromatic nitrogens is 2. The molecule has 2 rings (SSSR count). The second-order valence-corrected chi connectivity index (χ2v) is 11.0. The zero-order valence-electron chi connectivity index (χ0n) is 21.8. The first-order valence-electron chi connectivity index (χ1n) is 11.9. The Hall–Kier alpha value is -2.24. The van der Waals surface area contributed by atoms with Crippen LogP contribution in [0.3, 0.4) is 0 Å². The third-order valence-electron chi connectivity index (χ3n) is 5.66. The highest BCUT2D eigenvalue weighted by atomic mass is 32.1. The SMILES string of the molecule is CCN(C[C@H](CC(C)C)N(C(=O)OC)c1cncs1)C[C@H](CC(C)C)N(C(=O)OC)c1cncs1. The molecular formula is C24H39N5O4S2. The van der Waals surface area contributed by atoms with Gasteiger partial charge in [-0.2, -0.15) is 0 Å². The lowest BCUT2D eigenvalue weighted by Crippen LogP contribution is -2.52. The van der Waals surface area contributed by atoms with Crippen LogP contribution in [0.1, 0.15) is 47.5 Å². The van der Waals surface area contributed by atoms with Crippen molar-refractivity contribution in [1.82, 2.24) is 14.9 Å². The molecule has 9 nitrogen and oxygen atoms in total. The number of carbonyl (C=O) groups excluding carboxylic acids is 2. The molecule has 0 aliphatic rings. The van der Waals surface area contributed by atoms with Crippen LogP contribution < -0.4 is 9.80 Å². The maximum Gasteiger partial charge on any atom is 0.414 e. The molecule has 0 unspecified atom stereocenters. The lowest BCUT2D eigenvalue weighted by molar-refractivity contribution is 0.163. The molecule has 0 spiro atoms. The Kier molecular flexibility index (Phi) is 11.9. The number of ether oxygens (including phenoxy) is 2. The lowest BCUT2D eigenvalue weighted by Gasteiger charge is -2.38. The van der Waals surface area contributed by atoms with Gasteiger partial charge in [0.05, 0.1) is 49.7 Å². The summed E-state index contributed by atoms with van der Waals surface area (Å²) < 4.78 is 10.3. The third kappa shape index (κ3) is 8.43. The third-order valence-corrected chi connectivity index (χ3v) is 7.20. The van der Waals surface area contributed by atoms with E-state index in [0.29, 0.717) is 24.9 Å². The number of hydrogen-bond acceptors (Lipinski definition) is 9. The molecule has 196 valence electrons. The molecule has 0 fully saturated rings. The standard InChI is InChI=1S/C24H39N5O4S2/c1-8-27(13-19(9-17(2)3)28(23(30)32-6)21-11-25-15-34-21)14-20(10-18(4)5)29(24(31)33-7)22-12-26-16-35-22/h11-12,15-20H,8-10,13-14H2,1-7H3/t19-,20-/m0/s1. The van der Waals surface area contributed by atoms with E-state index in [0.717, 1.165) is 29.4 Å². The van der Waals surface area contributed by atoms with E-state index in [-0.39, 0.29) is 12.1 Å². The van der Waals surface area contributed by atoms with E-state index in [4.69, 9.17) is 9.47 Å². The van der Waals surface area contributed by atoms with Crippen molar-refractivity contribution in [2.24, 2.45) is 11.8 Å². The van der Waals surface area contributed by atoms with Crippen molar-refractivity contribution in [3.63, 3.8) is 0 Å². The van der Waals surface area contributed by atoms with Gasteiger partial charge in [-0.15, -0.1) is 22.7 Å². The van der Waals surface area contributed by atoms with Crippen molar-refractivity contribution in [1.29, 1.82) is 0 Å². The molecule has 11 heteroatoms. The minimum atomic E-state index is -0.393. The zero-order chi connectivity index (χ0) is 26.0. The number of rotatable bonds is 13. The van der Waals surface area contributed by atoms with Crippen LogP contribution in [0.5, 0.6) is 0 Å². The maximum atomic E-state index is 12.9. The van der Waals surface area contributed by atoms with Crippen LogP contribution in [0.25, 0.3) is 0 Å². The second kappa shape index (κ2) is 14.4. The highest BCUT2D eigenvalue weighted by molar-refractivity contribution is 7.14. The van der Waals surface area contributed by atoms with Gasteiger partial charge in [-0.25, -0.2) is 9.59 Å². The fourth-order valence-corrected chi connectivity index (χ4v) is 5.61. The predicted molar refractivity (Wildman–Crippen MR) is 143 cm³/mol. The summed E-state index contributed by atoms with van der Waals surface area (Å²) in [5, 5.41) is 1.52. The molecule has 0 aliphatic heterocycles. The molecule has 0 saturated heterocycles. The summed E-state index contributed by atoms with van der Waals surface area (Å²) in [6.07, 6.45) is 4.22. The summed E-state index contributed by atoms with van der Waals surface area (Å²) >= 11 is 2.84. The Balaban J connectivity index is 2.36. The van der Waals surface area contributed by atoms with Crippen LogP contribution in [0, 0.1) is 11.8 Å². The molecule has 0 bridgehead atoms. The van der Waals surface area contributed by atoms with Gasteiger partial charge in [0.15, 0.2) is 0 Å². The van der Waals surface area contributed by atoms with Crippen molar-refractivity contribution in [3.8, 4) is 0 Å². The number of hydrogen-bond donors (Lipinski definition) is 0. The number of likely N-dealkylation sites (N-methyl/N-ethyl adjacent to an activating group) is 1. The predicted octanol–water partition coefficient (Wildman–Crippen LogP) is 5.60. The first kappa shape index (κ1) is 29.0. The molecule has 0 radical (unpaired) electrons. The maximum absolute atomic E-state index is 12.9. The van der Waals surface area contributed by atoms with Gasteiger partial charge in [0.25, 0.3) is 0 Å². The van der Waals surface area contributed by atoms with Crippen LogP contribution in [-0.4, -0.2) is 73.0 Å². The van der Waals surface area contributed by atoms with Gasteiger partial charge in [-0.3, -0.25) is 24.7 Å². The second-order valence-electron chi connectivity index (χ2n) is 9.28. The molecule has 2 heterocycles. The van der Waals surface area contributed by atoms with Crippen molar-refractivity contribution in [2.45, 2.75) is 59.5 Å². The van der Waals surface area contributed by atoms with Crippen molar-refractivity contribution < 1.29 is 19.1 Å². The van der Waals surface area contributed by atoms with E-state index < -0.39 is 12.2 Å². The van der Waals surface area contributed by atoms with E-state index >= 15 is 0 Å². The zero-order valence-corrected chi connectivity index (χ0v) is 23.5. The van der Waals surface area contributed by atoms with Crippen LogP contribution in [0.15, 0.2) is 23.4 Å². The average molecular weight is 526 g/mol. The number of nitrogens with zero attached hydrogens (tertiary/aromatic N) is 5. The average Bonchev–Trinajstić information content (AvgIpc) is 3.52. The summed E-state index contributed by atoms with van der Waals surface area (Å²) in [5.74, 6) is 0.739. The number of carbonyl (C=O) groups is 2. The summed E-state index contributed by atoms with van der Waals surface area (Å²) in [6.45, 7) is 12.7. The van der Waals surface area contributed by atoms with Crippen LogP contribution >= 0.6 is 22.7 Å². The smallest absolute Gasteiger partial charge is 0.414 e. The van der Waals surface area contributed by atoms with Gasteiger partial charge in [0.2, 0.25) is 0 Å². The largest absolute Gasteiger partial charge is 0.452 e. The van der Waals surface area contributed by atoms with Crippen molar-refractivity contribution in [3.05, 3.63) is 23.4 Å². The summed E-state index contributed by atoms with van der Waals surface area (Å²) in [7, 11) is 2.81. The molecule has 2 amide bonds. The van der Waals surface area contributed by atoms with E-state index in [1.807, 2.05) is 0 Å². The van der Waals surface area contributed by atoms with Gasteiger partial charge >= 0.3 is 12.2 Å². The Labute approximate surface area is 217 Å². The minimum Gasteiger partial charge on any atom is -0.452 e. The number of amides is 2. The Morgan fingerprint density at radius 3 is 1.49 bits per heavy atom. The Bertz CT molecular complexity index is 806. The first-order chi connectivity index (χ1) is 16.7. The minimum absolute atomic E-state index is 0.113. The molecule has 0 N–H and O–H groups in total. The fraction of sp³-hybridized carbons (Fsp3) is 0.667. The van der Waals surface area contributed by atoms with Crippen molar-refractivity contribution in [2.75, 3.05) is 43.7 Å². The number of methoxy groups -OCH3 is 2. The van der Waals surface area contributed by atoms with Gasteiger partial charge in [0.1, 0.15) is 10.0 Å². The van der Waals surface area contributed by atoms with E-state index in [1.54, 1.807) is 33.2 Å². The highest BCUT2D eigenvalue weighted by Gasteiger charge is 2.33. The Morgan fingerprint density at radius 1 is 0.829 bits per heavy atom. The van der Waals surface area contributed by atoms with E-state index in [2.05, 4.69) is 49.5 Å². The fourth-order valence-electron chi connectivity index (χ4n) is 4.23. The molecule has 35 heavy (non-hydrogen) atoms. The van der Waals surface area contributed by atoms with Gasteiger partial charge in [-0.1, -0.05) is 34.6 Å². The topological polar surface area (TPSA) is 88.1 Å². The van der Waals surface area contributed by atoms with Crippen LogP contribution in [-0.2, 0) is 9.47 Å². The number of thiazole rings is 2. The number of anilines is 2. The first-order valence-corrected chi connectivity index (χ1v) is 13.7. The molecule has 0 aromatic carbocycles. The lowest BCUT2D eigenvalue weighted by atomic mass is 10.00. The summed E-state index contributed by atoms with van der Waals surface area (Å²) in [4.78, 5) is 39.8. The van der Waals surface area contributed by atoms with Gasteiger partial charge < -0.3 is 9.47 Å². The summed E-state index contributed by atoms with van der Waals surface area (Å²) in [5.41, 5.74) is 3.44.